The summed E-state index contributed by atoms with van der Waals surface area (Å²) in [6.07, 6.45) is 0.626. The predicted molar refractivity (Wildman–Crippen MR) is 123 cm³/mol. The van der Waals surface area contributed by atoms with E-state index in [-0.39, 0.29) is 23.3 Å². The van der Waals surface area contributed by atoms with Crippen LogP contribution in [0.5, 0.6) is 17.2 Å². The van der Waals surface area contributed by atoms with Crippen LogP contribution < -0.4 is 24.2 Å². The van der Waals surface area contributed by atoms with Crippen molar-refractivity contribution in [2.24, 2.45) is 5.92 Å². The molecule has 0 aliphatic heterocycles. The lowest BCUT2D eigenvalue weighted by atomic mass is 10.1. The van der Waals surface area contributed by atoms with Crippen LogP contribution in [0.15, 0.2) is 41.3 Å². The summed E-state index contributed by atoms with van der Waals surface area (Å²) in [4.78, 5) is 12.3. The zero-order chi connectivity index (χ0) is 23.7. The number of nitrogens with one attached hydrogen (secondary N) is 2. The van der Waals surface area contributed by atoms with Crippen molar-refractivity contribution >= 4 is 15.9 Å². The molecule has 2 rings (SSSR count). The summed E-state index contributed by atoms with van der Waals surface area (Å²) in [5.74, 6) is 1.69. The Kier molecular flexibility index (Phi) is 9.34. The molecule has 0 spiro atoms. The Morgan fingerprint density at radius 2 is 1.69 bits per heavy atom. The lowest BCUT2D eigenvalue weighted by Crippen LogP contribution is -2.30. The van der Waals surface area contributed by atoms with Gasteiger partial charge in [0.25, 0.3) is 5.91 Å². The number of sulfonamides is 1. The smallest absolute Gasteiger partial charge is 0.257 e. The zero-order valence-corrected chi connectivity index (χ0v) is 20.0. The van der Waals surface area contributed by atoms with Crippen molar-refractivity contribution < 1.29 is 27.4 Å². The molecule has 0 bridgehead atoms. The number of ether oxygens (including phenoxy) is 3. The SMILES string of the molecule is COc1ccc(CCNC(=O)COc2ccc(S(=O)(=O)NCC(C)C)cc2C)cc1OC. The first-order chi connectivity index (χ1) is 15.2. The third-order valence-corrected chi connectivity index (χ3v) is 6.10. The number of carbonyl (C=O) groups is 1. The summed E-state index contributed by atoms with van der Waals surface area (Å²) in [6.45, 7) is 6.25. The van der Waals surface area contributed by atoms with Crippen LogP contribution in [0.1, 0.15) is 25.0 Å². The molecule has 2 N–H and O–H groups in total. The number of methoxy groups -OCH3 is 2. The average Bonchev–Trinajstić information content (AvgIpc) is 2.76. The average molecular weight is 465 g/mol. The van der Waals surface area contributed by atoms with Crippen LogP contribution in [0, 0.1) is 12.8 Å². The molecule has 0 aliphatic rings. The van der Waals surface area contributed by atoms with E-state index in [1.807, 2.05) is 32.0 Å². The number of benzene rings is 2. The quantitative estimate of drug-likeness (QED) is 0.501. The second-order valence-corrected chi connectivity index (χ2v) is 9.52. The van der Waals surface area contributed by atoms with Gasteiger partial charge >= 0.3 is 0 Å². The van der Waals surface area contributed by atoms with E-state index in [2.05, 4.69) is 10.0 Å². The molecule has 32 heavy (non-hydrogen) atoms. The first-order valence-corrected chi connectivity index (χ1v) is 11.8. The largest absolute Gasteiger partial charge is 0.493 e. The molecule has 0 radical (unpaired) electrons. The van der Waals surface area contributed by atoms with Gasteiger partial charge in [0.05, 0.1) is 19.1 Å². The van der Waals surface area contributed by atoms with Gasteiger partial charge in [-0.15, -0.1) is 0 Å². The lowest BCUT2D eigenvalue weighted by molar-refractivity contribution is -0.123. The van der Waals surface area contributed by atoms with Crippen molar-refractivity contribution in [3.8, 4) is 17.2 Å². The number of amides is 1. The maximum Gasteiger partial charge on any atom is 0.257 e. The van der Waals surface area contributed by atoms with Crippen LogP contribution in [-0.2, 0) is 21.2 Å². The Balaban J connectivity index is 1.85. The summed E-state index contributed by atoms with van der Waals surface area (Å²) in [5, 5.41) is 2.81. The Morgan fingerprint density at radius 3 is 2.31 bits per heavy atom. The Labute approximate surface area is 190 Å². The maximum atomic E-state index is 12.3. The van der Waals surface area contributed by atoms with Crippen LogP contribution in [-0.4, -0.2) is 48.2 Å². The summed E-state index contributed by atoms with van der Waals surface area (Å²) >= 11 is 0. The maximum absolute atomic E-state index is 12.3. The van der Waals surface area contributed by atoms with Crippen LogP contribution in [0.3, 0.4) is 0 Å². The predicted octanol–water partition coefficient (Wildman–Crippen LogP) is 2.68. The molecule has 0 heterocycles. The van der Waals surface area contributed by atoms with E-state index in [0.29, 0.717) is 42.3 Å². The standard InChI is InChI=1S/C23H32N2O6S/c1-16(2)14-25-32(27,28)19-7-9-20(17(3)12-19)31-15-23(26)24-11-10-18-6-8-21(29-4)22(13-18)30-5/h6-9,12-13,16,25H,10-11,14-15H2,1-5H3,(H,24,26). The molecule has 0 fully saturated rings. The molecule has 2 aromatic rings. The first kappa shape index (κ1) is 25.5. The number of hydrogen-bond donors (Lipinski definition) is 2. The normalized spacial score (nSPS) is 11.3. The minimum absolute atomic E-state index is 0.162. The molecular weight excluding hydrogens is 432 g/mol. The first-order valence-electron chi connectivity index (χ1n) is 10.4. The Bertz CT molecular complexity index is 1020. The van der Waals surface area contributed by atoms with Gasteiger partial charge in [0.1, 0.15) is 5.75 Å². The minimum Gasteiger partial charge on any atom is -0.493 e. The van der Waals surface area contributed by atoms with E-state index in [4.69, 9.17) is 14.2 Å². The third-order valence-electron chi connectivity index (χ3n) is 4.68. The summed E-state index contributed by atoms with van der Waals surface area (Å²) in [7, 11) is -0.420. The van der Waals surface area contributed by atoms with E-state index in [0.717, 1.165) is 5.56 Å². The molecule has 8 nitrogen and oxygen atoms in total. The van der Waals surface area contributed by atoms with Crippen LogP contribution in [0.4, 0.5) is 0 Å². The highest BCUT2D eigenvalue weighted by Crippen LogP contribution is 2.27. The summed E-state index contributed by atoms with van der Waals surface area (Å²) in [5.41, 5.74) is 1.64. The summed E-state index contributed by atoms with van der Waals surface area (Å²) in [6, 6.07) is 10.2. The molecular formula is C23H32N2O6S. The van der Waals surface area contributed by atoms with Crippen LogP contribution in [0.25, 0.3) is 0 Å². The molecule has 0 atom stereocenters. The molecule has 1 amide bonds. The number of carbonyl (C=O) groups excluding carboxylic acids is 1. The van der Waals surface area contributed by atoms with Gasteiger partial charge in [-0.1, -0.05) is 19.9 Å². The fourth-order valence-corrected chi connectivity index (χ4v) is 4.19. The van der Waals surface area contributed by atoms with Crippen molar-refractivity contribution in [1.29, 1.82) is 0 Å². The highest BCUT2D eigenvalue weighted by molar-refractivity contribution is 7.89. The van der Waals surface area contributed by atoms with Crippen molar-refractivity contribution in [3.63, 3.8) is 0 Å². The van der Waals surface area contributed by atoms with E-state index in [1.165, 1.54) is 12.1 Å². The van der Waals surface area contributed by atoms with Crippen LogP contribution >= 0.6 is 0 Å². The minimum atomic E-state index is -3.58. The van der Waals surface area contributed by atoms with Crippen LogP contribution in [0.2, 0.25) is 0 Å². The number of aryl methyl sites for hydroxylation is 1. The van der Waals surface area contributed by atoms with E-state index in [1.54, 1.807) is 27.2 Å². The van der Waals surface area contributed by atoms with Gasteiger partial charge < -0.3 is 19.5 Å². The number of hydrogen-bond acceptors (Lipinski definition) is 6. The second kappa shape index (κ2) is 11.7. The molecule has 0 saturated carbocycles. The highest BCUT2D eigenvalue weighted by Gasteiger charge is 2.16. The Hall–Kier alpha value is -2.78. The fraction of sp³-hybridized carbons (Fsp3) is 0.435. The van der Waals surface area contributed by atoms with Crippen molar-refractivity contribution in [3.05, 3.63) is 47.5 Å². The van der Waals surface area contributed by atoms with Gasteiger partial charge in [0, 0.05) is 13.1 Å². The number of rotatable bonds is 12. The fourth-order valence-electron chi connectivity index (χ4n) is 2.89. The van der Waals surface area contributed by atoms with Gasteiger partial charge in [0.15, 0.2) is 18.1 Å². The van der Waals surface area contributed by atoms with Gasteiger partial charge in [-0.25, -0.2) is 13.1 Å². The van der Waals surface area contributed by atoms with E-state index in [9.17, 15) is 13.2 Å². The third kappa shape index (κ3) is 7.42. The molecule has 2 aromatic carbocycles. The monoisotopic (exact) mass is 464 g/mol. The zero-order valence-electron chi connectivity index (χ0n) is 19.2. The molecule has 9 heteroatoms. The molecule has 176 valence electrons. The highest BCUT2D eigenvalue weighted by atomic mass is 32.2. The van der Waals surface area contributed by atoms with Crippen molar-refractivity contribution in [2.45, 2.75) is 32.1 Å². The lowest BCUT2D eigenvalue weighted by Gasteiger charge is -2.13. The Morgan fingerprint density at radius 1 is 1.00 bits per heavy atom. The molecule has 0 aliphatic carbocycles. The van der Waals surface area contributed by atoms with Gasteiger partial charge in [-0.05, 0) is 60.7 Å². The van der Waals surface area contributed by atoms with E-state index < -0.39 is 10.0 Å². The topological polar surface area (TPSA) is 103 Å². The van der Waals surface area contributed by atoms with Gasteiger partial charge in [0.2, 0.25) is 10.0 Å². The van der Waals surface area contributed by atoms with E-state index >= 15 is 0 Å². The second-order valence-electron chi connectivity index (χ2n) is 7.75. The molecule has 0 saturated heterocycles. The van der Waals surface area contributed by atoms with Gasteiger partial charge in [-0.3, -0.25) is 4.79 Å². The summed E-state index contributed by atoms with van der Waals surface area (Å²) < 4.78 is 43.3. The van der Waals surface area contributed by atoms with Gasteiger partial charge in [-0.2, -0.15) is 0 Å². The molecule has 0 aromatic heterocycles. The molecule has 0 unspecified atom stereocenters. The van der Waals surface area contributed by atoms with Crippen molar-refractivity contribution in [2.75, 3.05) is 33.9 Å². The van der Waals surface area contributed by atoms with Crippen molar-refractivity contribution in [1.82, 2.24) is 10.0 Å².